The van der Waals surface area contributed by atoms with Gasteiger partial charge < -0.3 is 35.8 Å². The van der Waals surface area contributed by atoms with Gasteiger partial charge in [0.15, 0.2) is 17.5 Å². The largest absolute Gasteiger partial charge is 0.508 e. The van der Waals surface area contributed by atoms with Gasteiger partial charge in [-0.2, -0.15) is 0 Å². The van der Waals surface area contributed by atoms with Gasteiger partial charge in [0.2, 0.25) is 0 Å². The fraction of sp³-hybridized carbons (Fsp3) is 0.385. The number of ketones is 1. The molecule has 256 valence electrons. The molecule has 48 heavy (non-hydrogen) atoms. The zero-order valence-electron chi connectivity index (χ0n) is 28.1. The number of phenols is 1. The summed E-state index contributed by atoms with van der Waals surface area (Å²) >= 11 is 0. The molecule has 0 amide bonds. The van der Waals surface area contributed by atoms with Crippen LogP contribution in [-0.4, -0.2) is 47.3 Å². The maximum Gasteiger partial charge on any atom is 0.192 e. The van der Waals surface area contributed by atoms with E-state index in [0.717, 1.165) is 66.1 Å². The van der Waals surface area contributed by atoms with Crippen molar-refractivity contribution in [1.29, 1.82) is 0 Å². The summed E-state index contributed by atoms with van der Waals surface area (Å²) in [6, 6.07) is 22.8. The van der Waals surface area contributed by atoms with Crippen LogP contribution in [0.3, 0.4) is 0 Å². The van der Waals surface area contributed by atoms with Crippen LogP contribution in [0.1, 0.15) is 73.6 Å². The number of aliphatic hydroxyl groups is 2. The third kappa shape index (κ3) is 11.3. The van der Waals surface area contributed by atoms with Crippen LogP contribution >= 0.6 is 0 Å². The first-order valence-corrected chi connectivity index (χ1v) is 16.7. The standard InChI is InChI=1S/C39H49N3O6/c1-41-39(40)42-33-11-8-10-27(19-33)9-6-4-3-5-7-12-34(44)24-36(46)16-13-28-14-18-37(47-2)38(20-28)48-26-32-21-29-15-17-35(45)23-30(29)22-31(32)25-43/h8,10-11,14-15,17-23,34,43-45H,3-7,9,12-13,16,24-26H2,1-2H3,(H3,40,41,42). The quantitative estimate of drug-likeness (QED) is 0.0420. The normalized spacial score (nSPS) is 12.2. The summed E-state index contributed by atoms with van der Waals surface area (Å²) in [6.07, 6.45) is 7.31. The molecule has 0 heterocycles. The predicted molar refractivity (Wildman–Crippen MR) is 192 cm³/mol. The number of aromatic hydroxyl groups is 1. The molecule has 6 N–H and O–H groups in total. The summed E-state index contributed by atoms with van der Waals surface area (Å²) in [5.74, 6) is 1.73. The predicted octanol–water partition coefficient (Wildman–Crippen LogP) is 6.82. The summed E-state index contributed by atoms with van der Waals surface area (Å²) in [6.45, 7) is 0.0600. The summed E-state index contributed by atoms with van der Waals surface area (Å²) in [4.78, 5) is 16.6. The van der Waals surface area contributed by atoms with Gasteiger partial charge in [-0.05, 0) is 107 Å². The zero-order chi connectivity index (χ0) is 34.3. The molecule has 4 aromatic rings. The molecule has 0 spiro atoms. The minimum absolute atomic E-state index is 0.0410. The molecule has 4 rings (SSSR count). The number of rotatable bonds is 19. The molecule has 0 aliphatic rings. The Morgan fingerprint density at radius 2 is 1.65 bits per heavy atom. The molecule has 0 saturated heterocycles. The number of nitrogens with one attached hydrogen (secondary N) is 1. The van der Waals surface area contributed by atoms with Crippen LogP contribution in [-0.2, 0) is 30.8 Å². The number of nitrogens with two attached hydrogens (primary N) is 1. The zero-order valence-corrected chi connectivity index (χ0v) is 28.1. The third-order valence-corrected chi connectivity index (χ3v) is 8.52. The number of guanidine groups is 1. The minimum Gasteiger partial charge on any atom is -0.508 e. The molecule has 0 aliphatic carbocycles. The summed E-state index contributed by atoms with van der Waals surface area (Å²) in [7, 11) is 3.23. The first-order valence-electron chi connectivity index (χ1n) is 16.7. The Kier molecular flexibility index (Phi) is 14.1. The lowest BCUT2D eigenvalue weighted by Crippen LogP contribution is -2.21. The topological polar surface area (TPSA) is 147 Å². The number of aryl methyl sites for hydroxylation is 2. The van der Waals surface area contributed by atoms with Crippen molar-refractivity contribution in [2.75, 3.05) is 19.5 Å². The molecule has 0 aromatic heterocycles. The fourth-order valence-electron chi connectivity index (χ4n) is 5.80. The lowest BCUT2D eigenvalue weighted by atomic mass is 10.00. The number of ether oxygens (including phenoxy) is 2. The number of methoxy groups -OCH3 is 1. The molecule has 1 unspecified atom stereocenters. The number of Topliss-reactive ketones (excluding diaryl/α,β-unsaturated/α-hetero) is 1. The van der Waals surface area contributed by atoms with Crippen LogP contribution in [0.2, 0.25) is 0 Å². The maximum absolute atomic E-state index is 12.7. The van der Waals surface area contributed by atoms with Gasteiger partial charge in [0.05, 0.1) is 19.8 Å². The Morgan fingerprint density at radius 1 is 0.875 bits per heavy atom. The second-order valence-corrected chi connectivity index (χ2v) is 12.2. The molecular formula is C39H49N3O6. The van der Waals surface area contributed by atoms with E-state index in [1.807, 2.05) is 48.5 Å². The van der Waals surface area contributed by atoms with Crippen LogP contribution in [0.25, 0.3) is 10.8 Å². The molecule has 0 bridgehead atoms. The average Bonchev–Trinajstić information content (AvgIpc) is 3.09. The number of anilines is 1. The number of carbonyl (C=O) groups excluding carboxylic acids is 1. The van der Waals surface area contributed by atoms with Crippen molar-refractivity contribution in [1.82, 2.24) is 0 Å². The number of nitrogens with zero attached hydrogens (tertiary/aromatic N) is 1. The van der Waals surface area contributed by atoms with Crippen molar-refractivity contribution >= 4 is 28.2 Å². The fourth-order valence-corrected chi connectivity index (χ4v) is 5.80. The second-order valence-electron chi connectivity index (χ2n) is 12.2. The molecule has 9 heteroatoms. The molecule has 0 radical (unpaired) electrons. The Hall–Kier alpha value is -4.60. The van der Waals surface area contributed by atoms with Crippen LogP contribution in [0, 0.1) is 0 Å². The monoisotopic (exact) mass is 655 g/mol. The SMILES string of the molecule is CN=C(N)Nc1cccc(CCCCCCCC(O)CC(=O)CCc2ccc(OC)c(OCc3cc4ccc(O)cc4cc3CO)c2)c1. The minimum atomic E-state index is -0.617. The Labute approximate surface area is 283 Å². The lowest BCUT2D eigenvalue weighted by molar-refractivity contribution is -0.121. The van der Waals surface area contributed by atoms with Gasteiger partial charge in [-0.25, -0.2) is 0 Å². The first kappa shape index (κ1) is 36.2. The number of fused-ring (bicyclic) bond motifs is 1. The summed E-state index contributed by atoms with van der Waals surface area (Å²) < 4.78 is 11.6. The number of aliphatic hydroxyl groups excluding tert-OH is 2. The summed E-state index contributed by atoms with van der Waals surface area (Å²) in [5, 5.41) is 35.1. The average molecular weight is 656 g/mol. The van der Waals surface area contributed by atoms with Gasteiger partial charge in [0, 0.05) is 25.6 Å². The number of hydrogen-bond acceptors (Lipinski definition) is 7. The highest BCUT2D eigenvalue weighted by Gasteiger charge is 2.14. The van der Waals surface area contributed by atoms with E-state index >= 15 is 0 Å². The highest BCUT2D eigenvalue weighted by atomic mass is 16.5. The third-order valence-electron chi connectivity index (χ3n) is 8.52. The van der Waals surface area contributed by atoms with Crippen LogP contribution < -0.4 is 20.5 Å². The number of unbranched alkanes of at least 4 members (excludes halogenated alkanes) is 4. The Bertz CT molecular complexity index is 1670. The highest BCUT2D eigenvalue weighted by Crippen LogP contribution is 2.31. The van der Waals surface area contributed by atoms with Crippen molar-refractivity contribution in [2.45, 2.75) is 83.5 Å². The first-order chi connectivity index (χ1) is 23.3. The van der Waals surface area contributed by atoms with Gasteiger partial charge in [-0.15, -0.1) is 0 Å². The van der Waals surface area contributed by atoms with E-state index in [1.165, 1.54) is 5.56 Å². The van der Waals surface area contributed by atoms with Crippen molar-refractivity contribution in [3.63, 3.8) is 0 Å². The van der Waals surface area contributed by atoms with Crippen LogP contribution in [0.15, 0.2) is 77.8 Å². The van der Waals surface area contributed by atoms with Crippen molar-refractivity contribution in [2.24, 2.45) is 10.7 Å². The number of aliphatic imine (C=N–C) groups is 1. The van der Waals surface area contributed by atoms with E-state index in [2.05, 4.69) is 22.4 Å². The molecule has 4 aromatic carbocycles. The molecule has 9 nitrogen and oxygen atoms in total. The van der Waals surface area contributed by atoms with Gasteiger partial charge in [0.1, 0.15) is 18.1 Å². The van der Waals surface area contributed by atoms with E-state index in [4.69, 9.17) is 15.2 Å². The van der Waals surface area contributed by atoms with Gasteiger partial charge in [-0.3, -0.25) is 9.79 Å². The van der Waals surface area contributed by atoms with E-state index in [1.54, 1.807) is 26.3 Å². The number of phenolic OH excluding ortho intramolecular Hbond substituents is 1. The molecule has 0 saturated carbocycles. The Morgan fingerprint density at radius 3 is 2.44 bits per heavy atom. The van der Waals surface area contributed by atoms with E-state index in [0.29, 0.717) is 42.3 Å². The van der Waals surface area contributed by atoms with Gasteiger partial charge >= 0.3 is 0 Å². The van der Waals surface area contributed by atoms with Crippen molar-refractivity contribution in [3.8, 4) is 17.2 Å². The molecule has 0 fully saturated rings. The maximum atomic E-state index is 12.7. The van der Waals surface area contributed by atoms with E-state index in [9.17, 15) is 20.1 Å². The molecule has 0 aliphatic heterocycles. The molecule has 1 atom stereocenters. The van der Waals surface area contributed by atoms with Crippen molar-refractivity contribution in [3.05, 3.63) is 95.1 Å². The van der Waals surface area contributed by atoms with Gasteiger partial charge in [0.25, 0.3) is 0 Å². The second kappa shape index (κ2) is 18.7. The van der Waals surface area contributed by atoms with Crippen molar-refractivity contribution < 1.29 is 29.6 Å². The smallest absolute Gasteiger partial charge is 0.192 e. The van der Waals surface area contributed by atoms with Crippen LogP contribution in [0.4, 0.5) is 5.69 Å². The van der Waals surface area contributed by atoms with Gasteiger partial charge in [-0.1, -0.05) is 49.9 Å². The van der Waals surface area contributed by atoms with E-state index < -0.39 is 6.10 Å². The highest BCUT2D eigenvalue weighted by molar-refractivity contribution is 5.92. The van der Waals surface area contributed by atoms with E-state index in [-0.39, 0.29) is 31.2 Å². The molecular weight excluding hydrogens is 606 g/mol. The number of carbonyl (C=O) groups is 1. The number of hydrogen-bond donors (Lipinski definition) is 5. The summed E-state index contributed by atoms with van der Waals surface area (Å²) in [5.41, 5.74) is 10.4. The lowest BCUT2D eigenvalue weighted by Gasteiger charge is -2.15. The van der Waals surface area contributed by atoms with Crippen LogP contribution in [0.5, 0.6) is 17.2 Å². The Balaban J connectivity index is 1.16. The number of benzene rings is 4.